The minimum Gasteiger partial charge on any atom is -0.487 e. The molecule has 0 unspecified atom stereocenters. The first-order valence-corrected chi connectivity index (χ1v) is 9.67. The summed E-state index contributed by atoms with van der Waals surface area (Å²) in [5, 5.41) is 9.94. The number of carboxylic acid groups (broad SMARTS) is 1. The minimum atomic E-state index is -4.81. The Morgan fingerprint density at radius 3 is 2.38 bits per heavy atom. The van der Waals surface area contributed by atoms with Gasteiger partial charge in [0.1, 0.15) is 18.1 Å². The van der Waals surface area contributed by atoms with Crippen LogP contribution in [0.3, 0.4) is 0 Å². The van der Waals surface area contributed by atoms with Crippen molar-refractivity contribution in [3.63, 3.8) is 0 Å². The molecule has 0 spiro atoms. The molecule has 0 saturated carbocycles. The number of benzene rings is 3. The standard InChI is InChI=1S/C24H18F3NO4/c25-24(26,27)32-22-9-5-4-6-17(22)14-28-19(15-31-20-7-2-1-3-8-20)13-18-12-16(23(29)30)10-11-21(18)28/h1-13H,14-15H2,(H,29,30). The van der Waals surface area contributed by atoms with Crippen molar-refractivity contribution in [1.29, 1.82) is 0 Å². The zero-order valence-electron chi connectivity index (χ0n) is 16.7. The number of rotatable bonds is 7. The molecule has 0 aliphatic heterocycles. The summed E-state index contributed by atoms with van der Waals surface area (Å²) < 4.78 is 50.4. The van der Waals surface area contributed by atoms with Crippen LogP contribution in [0.5, 0.6) is 11.5 Å². The Hall–Kier alpha value is -3.94. The summed E-state index contributed by atoms with van der Waals surface area (Å²) in [6.07, 6.45) is -4.81. The lowest BCUT2D eigenvalue weighted by molar-refractivity contribution is -0.274. The molecule has 0 amide bonds. The summed E-state index contributed by atoms with van der Waals surface area (Å²) in [6.45, 7) is 0.221. The molecule has 0 atom stereocenters. The van der Waals surface area contributed by atoms with Gasteiger partial charge in [-0.15, -0.1) is 13.2 Å². The van der Waals surface area contributed by atoms with Crippen molar-refractivity contribution in [2.75, 3.05) is 0 Å². The minimum absolute atomic E-state index is 0.0790. The zero-order chi connectivity index (χ0) is 22.7. The van der Waals surface area contributed by atoms with Gasteiger partial charge in [-0.25, -0.2) is 4.79 Å². The van der Waals surface area contributed by atoms with E-state index in [0.29, 0.717) is 27.9 Å². The molecule has 0 aliphatic carbocycles. The third kappa shape index (κ3) is 4.85. The van der Waals surface area contributed by atoms with Gasteiger partial charge in [-0.2, -0.15) is 0 Å². The van der Waals surface area contributed by atoms with Crippen molar-refractivity contribution in [2.24, 2.45) is 0 Å². The molecule has 164 valence electrons. The van der Waals surface area contributed by atoms with Gasteiger partial charge in [0.2, 0.25) is 0 Å². The Bertz CT molecular complexity index is 1250. The van der Waals surface area contributed by atoms with E-state index in [1.54, 1.807) is 41.0 Å². The van der Waals surface area contributed by atoms with E-state index in [9.17, 15) is 23.1 Å². The molecular weight excluding hydrogens is 423 g/mol. The van der Waals surface area contributed by atoms with E-state index in [-0.39, 0.29) is 24.5 Å². The quantitative estimate of drug-likeness (QED) is 0.390. The largest absolute Gasteiger partial charge is 0.573 e. The predicted molar refractivity (Wildman–Crippen MR) is 112 cm³/mol. The van der Waals surface area contributed by atoms with Gasteiger partial charge in [-0.05, 0) is 42.5 Å². The first-order valence-electron chi connectivity index (χ1n) is 9.67. The fourth-order valence-corrected chi connectivity index (χ4v) is 3.47. The average Bonchev–Trinajstić information content (AvgIpc) is 3.10. The number of hydrogen-bond donors (Lipinski definition) is 1. The second-order valence-corrected chi connectivity index (χ2v) is 7.06. The van der Waals surface area contributed by atoms with Crippen LogP contribution in [0, 0.1) is 0 Å². The van der Waals surface area contributed by atoms with Crippen molar-refractivity contribution in [3.8, 4) is 11.5 Å². The second-order valence-electron chi connectivity index (χ2n) is 7.06. The molecule has 1 heterocycles. The number of fused-ring (bicyclic) bond motifs is 1. The van der Waals surface area contributed by atoms with Gasteiger partial charge in [0.25, 0.3) is 0 Å². The highest BCUT2D eigenvalue weighted by molar-refractivity contribution is 5.94. The molecule has 5 nitrogen and oxygen atoms in total. The average molecular weight is 441 g/mol. The SMILES string of the molecule is O=C(O)c1ccc2c(c1)cc(COc1ccccc1)n2Cc1ccccc1OC(F)(F)F. The Labute approximate surface area is 181 Å². The van der Waals surface area contributed by atoms with Crippen molar-refractivity contribution in [1.82, 2.24) is 4.57 Å². The number of para-hydroxylation sites is 2. The number of ether oxygens (including phenoxy) is 2. The third-order valence-electron chi connectivity index (χ3n) is 4.89. The fourth-order valence-electron chi connectivity index (χ4n) is 3.47. The number of halogens is 3. The summed E-state index contributed by atoms with van der Waals surface area (Å²) in [5.74, 6) is -0.721. The highest BCUT2D eigenvalue weighted by Gasteiger charge is 2.32. The van der Waals surface area contributed by atoms with E-state index in [1.165, 1.54) is 24.3 Å². The third-order valence-corrected chi connectivity index (χ3v) is 4.89. The van der Waals surface area contributed by atoms with Crippen molar-refractivity contribution >= 4 is 16.9 Å². The topological polar surface area (TPSA) is 60.7 Å². The van der Waals surface area contributed by atoms with Crippen LogP contribution >= 0.6 is 0 Å². The molecule has 32 heavy (non-hydrogen) atoms. The van der Waals surface area contributed by atoms with Gasteiger partial charge in [0, 0.05) is 16.5 Å². The van der Waals surface area contributed by atoms with E-state index < -0.39 is 12.3 Å². The van der Waals surface area contributed by atoms with Crippen LogP contribution in [-0.2, 0) is 13.2 Å². The van der Waals surface area contributed by atoms with Crippen LogP contribution in [0.4, 0.5) is 13.2 Å². The number of hydrogen-bond acceptors (Lipinski definition) is 3. The Morgan fingerprint density at radius 1 is 0.938 bits per heavy atom. The second kappa shape index (κ2) is 8.66. The molecule has 0 aliphatic rings. The predicted octanol–water partition coefficient (Wildman–Crippen LogP) is 5.87. The van der Waals surface area contributed by atoms with Gasteiger partial charge in [-0.3, -0.25) is 0 Å². The zero-order valence-corrected chi connectivity index (χ0v) is 16.7. The first-order chi connectivity index (χ1) is 15.3. The molecule has 0 saturated heterocycles. The molecule has 4 rings (SSSR count). The Balaban J connectivity index is 1.74. The molecular formula is C24H18F3NO4. The number of carboxylic acids is 1. The molecule has 0 fully saturated rings. The van der Waals surface area contributed by atoms with Crippen LogP contribution < -0.4 is 9.47 Å². The van der Waals surface area contributed by atoms with Crippen molar-refractivity contribution in [2.45, 2.75) is 19.5 Å². The van der Waals surface area contributed by atoms with Gasteiger partial charge < -0.3 is 19.1 Å². The van der Waals surface area contributed by atoms with Crippen LogP contribution in [0.2, 0.25) is 0 Å². The van der Waals surface area contributed by atoms with Gasteiger partial charge >= 0.3 is 12.3 Å². The van der Waals surface area contributed by atoms with Gasteiger partial charge in [-0.1, -0.05) is 36.4 Å². The van der Waals surface area contributed by atoms with E-state index >= 15 is 0 Å². The maximum Gasteiger partial charge on any atom is 0.573 e. The maximum absolute atomic E-state index is 12.9. The highest BCUT2D eigenvalue weighted by Crippen LogP contribution is 2.30. The van der Waals surface area contributed by atoms with Crippen molar-refractivity contribution in [3.05, 3.63) is 95.7 Å². The summed E-state index contributed by atoms with van der Waals surface area (Å²) in [4.78, 5) is 11.4. The normalized spacial score (nSPS) is 11.5. The van der Waals surface area contributed by atoms with E-state index in [2.05, 4.69) is 4.74 Å². The maximum atomic E-state index is 12.9. The monoisotopic (exact) mass is 441 g/mol. The summed E-state index contributed by atoms with van der Waals surface area (Å²) in [5.41, 5.74) is 1.79. The molecule has 0 radical (unpaired) electrons. The van der Waals surface area contributed by atoms with Crippen LogP contribution in [-0.4, -0.2) is 22.0 Å². The molecule has 1 aromatic heterocycles. The summed E-state index contributed by atoms with van der Waals surface area (Å²) in [6, 6.07) is 21.4. The van der Waals surface area contributed by atoms with Crippen LogP contribution in [0.1, 0.15) is 21.6 Å². The molecule has 3 aromatic carbocycles. The van der Waals surface area contributed by atoms with E-state index in [4.69, 9.17) is 4.74 Å². The Kier molecular flexibility index (Phi) is 5.77. The number of aromatic nitrogens is 1. The van der Waals surface area contributed by atoms with E-state index in [0.717, 1.165) is 0 Å². The van der Waals surface area contributed by atoms with Gasteiger partial charge in [0.15, 0.2) is 0 Å². The summed E-state index contributed by atoms with van der Waals surface area (Å²) in [7, 11) is 0. The first kappa shape index (κ1) is 21.3. The lowest BCUT2D eigenvalue weighted by Crippen LogP contribution is -2.18. The van der Waals surface area contributed by atoms with Crippen LogP contribution in [0.15, 0.2) is 78.9 Å². The summed E-state index contributed by atoms with van der Waals surface area (Å²) >= 11 is 0. The number of alkyl halides is 3. The highest BCUT2D eigenvalue weighted by atomic mass is 19.4. The number of nitrogens with zero attached hydrogens (tertiary/aromatic N) is 1. The number of carbonyl (C=O) groups is 1. The fraction of sp³-hybridized carbons (Fsp3) is 0.125. The molecule has 4 aromatic rings. The lowest BCUT2D eigenvalue weighted by Gasteiger charge is -2.16. The smallest absolute Gasteiger partial charge is 0.487 e. The van der Waals surface area contributed by atoms with E-state index in [1.807, 2.05) is 18.2 Å². The molecule has 1 N–H and O–H groups in total. The molecule has 8 heteroatoms. The number of aromatic carboxylic acids is 1. The van der Waals surface area contributed by atoms with Crippen molar-refractivity contribution < 1.29 is 32.5 Å². The lowest BCUT2D eigenvalue weighted by atomic mass is 10.1. The Morgan fingerprint density at radius 2 is 1.66 bits per heavy atom. The van der Waals surface area contributed by atoms with Gasteiger partial charge in [0.05, 0.1) is 17.8 Å². The van der Waals surface area contributed by atoms with Crippen LogP contribution in [0.25, 0.3) is 10.9 Å². The molecule has 0 bridgehead atoms.